The summed E-state index contributed by atoms with van der Waals surface area (Å²) in [4.78, 5) is 0. The summed E-state index contributed by atoms with van der Waals surface area (Å²) in [5.74, 6) is 0. The van der Waals surface area contributed by atoms with E-state index in [4.69, 9.17) is 11.6 Å². The largest absolute Gasteiger partial charge is 0.314 e. The van der Waals surface area contributed by atoms with Crippen molar-refractivity contribution >= 4 is 17.7 Å². The summed E-state index contributed by atoms with van der Waals surface area (Å²) in [6.45, 7) is 0. The second-order valence-corrected chi connectivity index (χ2v) is 4.01. The van der Waals surface area contributed by atoms with Crippen molar-refractivity contribution < 1.29 is 0 Å². The van der Waals surface area contributed by atoms with Crippen molar-refractivity contribution in [3.05, 3.63) is 40.4 Å². The lowest BCUT2D eigenvalue weighted by Crippen LogP contribution is -2.22. The number of fused-ring (bicyclic) bond motifs is 1. The maximum atomic E-state index is 6.15. The molecule has 1 aliphatic rings. The third kappa shape index (κ3) is 1.84. The number of rotatable bonds is 1. The van der Waals surface area contributed by atoms with E-state index >= 15 is 0 Å². The molecule has 0 aliphatic heterocycles. The zero-order valence-corrected chi connectivity index (χ0v) is 9.01. The lowest BCUT2D eigenvalue weighted by atomic mass is 10.0. The molecule has 0 radical (unpaired) electrons. The Hall–Kier alpha value is -0.790. The van der Waals surface area contributed by atoms with Gasteiger partial charge in [0.15, 0.2) is 0 Å². The van der Waals surface area contributed by atoms with E-state index in [1.54, 1.807) is 0 Å². The molecule has 0 aromatic heterocycles. The van der Waals surface area contributed by atoms with Crippen LogP contribution in [-0.4, -0.2) is 13.1 Å². The van der Waals surface area contributed by atoms with Gasteiger partial charge in [0.05, 0.1) is 0 Å². The lowest BCUT2D eigenvalue weighted by Gasteiger charge is -2.09. The molecule has 2 rings (SSSR count). The van der Waals surface area contributed by atoms with Gasteiger partial charge in [-0.2, -0.15) is 0 Å². The zero-order valence-electron chi connectivity index (χ0n) is 8.26. The highest BCUT2D eigenvalue weighted by Crippen LogP contribution is 2.25. The van der Waals surface area contributed by atoms with E-state index in [1.165, 1.54) is 11.1 Å². The molecule has 0 saturated heterocycles. The monoisotopic (exact) mass is 207 g/mol. The van der Waals surface area contributed by atoms with Gasteiger partial charge >= 0.3 is 0 Å². The first-order chi connectivity index (χ1) is 6.81. The summed E-state index contributed by atoms with van der Waals surface area (Å²) in [6.07, 6.45) is 6.54. The molecule has 0 bridgehead atoms. The number of benzene rings is 1. The van der Waals surface area contributed by atoms with Crippen LogP contribution in [0.2, 0.25) is 5.02 Å². The molecule has 1 atom stereocenters. The van der Waals surface area contributed by atoms with Gasteiger partial charge in [-0.1, -0.05) is 35.9 Å². The van der Waals surface area contributed by atoms with E-state index in [9.17, 15) is 0 Å². The van der Waals surface area contributed by atoms with Crippen LogP contribution in [-0.2, 0) is 6.42 Å². The number of hydrogen-bond donors (Lipinski definition) is 1. The van der Waals surface area contributed by atoms with Gasteiger partial charge in [-0.05, 0) is 37.1 Å². The average molecular weight is 208 g/mol. The van der Waals surface area contributed by atoms with Crippen LogP contribution in [0.1, 0.15) is 17.5 Å². The number of halogens is 1. The Morgan fingerprint density at radius 3 is 3.07 bits per heavy atom. The molecule has 0 saturated carbocycles. The van der Waals surface area contributed by atoms with Crippen molar-refractivity contribution in [2.45, 2.75) is 18.9 Å². The number of nitrogens with one attached hydrogen (secondary N) is 1. The molecule has 0 fully saturated rings. The summed E-state index contributed by atoms with van der Waals surface area (Å²) in [7, 11) is 1.99. The predicted octanol–water partition coefficient (Wildman–Crippen LogP) is 2.89. The molecule has 0 spiro atoms. The molecule has 0 amide bonds. The molecule has 1 unspecified atom stereocenters. The highest BCUT2D eigenvalue weighted by atomic mass is 35.5. The Labute approximate surface area is 89.8 Å². The fourth-order valence-electron chi connectivity index (χ4n) is 1.85. The zero-order chi connectivity index (χ0) is 9.97. The van der Waals surface area contributed by atoms with E-state index in [0.29, 0.717) is 6.04 Å². The summed E-state index contributed by atoms with van der Waals surface area (Å²) < 4.78 is 0. The maximum absolute atomic E-state index is 6.15. The predicted molar refractivity (Wildman–Crippen MR) is 61.7 cm³/mol. The minimum atomic E-state index is 0.471. The van der Waals surface area contributed by atoms with Crippen LogP contribution < -0.4 is 5.32 Å². The summed E-state index contributed by atoms with van der Waals surface area (Å²) in [6, 6.07) is 6.56. The highest BCUT2D eigenvalue weighted by Gasteiger charge is 2.11. The molecule has 1 aromatic rings. The first kappa shape index (κ1) is 9.75. The Morgan fingerprint density at radius 1 is 1.43 bits per heavy atom. The maximum Gasteiger partial charge on any atom is 0.0443 e. The Kier molecular flexibility index (Phi) is 2.90. The molecule has 0 heterocycles. The lowest BCUT2D eigenvalue weighted by molar-refractivity contribution is 0.619. The van der Waals surface area contributed by atoms with Crippen molar-refractivity contribution in [1.82, 2.24) is 5.32 Å². The first-order valence-electron chi connectivity index (χ1n) is 4.94. The molecule has 74 valence electrons. The van der Waals surface area contributed by atoms with Gasteiger partial charge in [0.1, 0.15) is 0 Å². The topological polar surface area (TPSA) is 12.0 Å². The van der Waals surface area contributed by atoms with E-state index in [2.05, 4.69) is 23.5 Å². The smallest absolute Gasteiger partial charge is 0.0443 e. The quantitative estimate of drug-likeness (QED) is 0.747. The van der Waals surface area contributed by atoms with E-state index in [0.717, 1.165) is 17.9 Å². The van der Waals surface area contributed by atoms with Crippen molar-refractivity contribution in [1.29, 1.82) is 0 Å². The molecular weight excluding hydrogens is 194 g/mol. The van der Waals surface area contributed by atoms with E-state index in [-0.39, 0.29) is 0 Å². The minimum absolute atomic E-state index is 0.471. The second kappa shape index (κ2) is 4.16. The van der Waals surface area contributed by atoms with E-state index in [1.807, 2.05) is 19.2 Å². The Balaban J connectivity index is 2.35. The third-order valence-electron chi connectivity index (χ3n) is 2.74. The summed E-state index contributed by atoms with van der Waals surface area (Å²) in [5.41, 5.74) is 2.54. The number of hydrogen-bond acceptors (Lipinski definition) is 1. The molecule has 1 aliphatic carbocycles. The van der Waals surface area contributed by atoms with Gasteiger partial charge in [-0.15, -0.1) is 0 Å². The van der Waals surface area contributed by atoms with Crippen LogP contribution >= 0.6 is 11.6 Å². The molecule has 2 heteroatoms. The SMILES string of the molecule is CNC1C=Cc2cccc(Cl)c2CC1. The van der Waals surface area contributed by atoms with Crippen molar-refractivity contribution in [2.75, 3.05) is 7.05 Å². The second-order valence-electron chi connectivity index (χ2n) is 3.60. The van der Waals surface area contributed by atoms with Crippen molar-refractivity contribution in [3.63, 3.8) is 0 Å². The van der Waals surface area contributed by atoms with Gasteiger partial charge in [0.2, 0.25) is 0 Å². The van der Waals surface area contributed by atoms with Crippen LogP contribution in [0, 0.1) is 0 Å². The van der Waals surface area contributed by atoms with Gasteiger partial charge in [0.25, 0.3) is 0 Å². The minimum Gasteiger partial charge on any atom is -0.314 e. The van der Waals surface area contributed by atoms with Crippen LogP contribution in [0.15, 0.2) is 24.3 Å². The standard InChI is InChI=1S/C12H14ClN/c1-14-10-6-5-9-3-2-4-12(13)11(9)8-7-10/h2-6,10,14H,7-8H2,1H3. The molecular formula is C12H14ClN. The van der Waals surface area contributed by atoms with Gasteiger partial charge in [-0.25, -0.2) is 0 Å². The molecule has 1 N–H and O–H groups in total. The average Bonchev–Trinajstić information content (AvgIpc) is 2.41. The fourth-order valence-corrected chi connectivity index (χ4v) is 2.13. The van der Waals surface area contributed by atoms with Crippen LogP contribution in [0.5, 0.6) is 0 Å². The fraction of sp³-hybridized carbons (Fsp3) is 0.333. The summed E-state index contributed by atoms with van der Waals surface area (Å²) in [5, 5.41) is 4.16. The van der Waals surface area contributed by atoms with Crippen LogP contribution in [0.25, 0.3) is 6.08 Å². The van der Waals surface area contributed by atoms with Gasteiger partial charge in [0, 0.05) is 11.1 Å². The van der Waals surface area contributed by atoms with Crippen LogP contribution in [0.4, 0.5) is 0 Å². The van der Waals surface area contributed by atoms with Crippen molar-refractivity contribution in [3.8, 4) is 0 Å². The van der Waals surface area contributed by atoms with Gasteiger partial charge < -0.3 is 5.32 Å². The first-order valence-corrected chi connectivity index (χ1v) is 5.32. The number of likely N-dealkylation sites (N-methyl/N-ethyl adjacent to an activating group) is 1. The third-order valence-corrected chi connectivity index (χ3v) is 3.09. The van der Waals surface area contributed by atoms with Crippen LogP contribution in [0.3, 0.4) is 0 Å². The molecule has 1 nitrogen and oxygen atoms in total. The Morgan fingerprint density at radius 2 is 2.29 bits per heavy atom. The summed E-state index contributed by atoms with van der Waals surface area (Å²) >= 11 is 6.15. The van der Waals surface area contributed by atoms with Crippen molar-refractivity contribution in [2.24, 2.45) is 0 Å². The highest BCUT2D eigenvalue weighted by molar-refractivity contribution is 6.31. The normalized spacial score (nSPS) is 20.3. The molecule has 1 aromatic carbocycles. The van der Waals surface area contributed by atoms with Gasteiger partial charge in [-0.3, -0.25) is 0 Å². The van der Waals surface area contributed by atoms with E-state index < -0.39 is 0 Å². The molecule has 14 heavy (non-hydrogen) atoms. The Bertz CT molecular complexity index is 357.